The van der Waals surface area contributed by atoms with Crippen LogP contribution in [-0.4, -0.2) is 46.0 Å². The normalized spacial score (nSPS) is 16.4. The van der Waals surface area contributed by atoms with E-state index in [0.717, 1.165) is 23.9 Å². The number of nitrogens with zero attached hydrogens (tertiary/aromatic N) is 2. The summed E-state index contributed by atoms with van der Waals surface area (Å²) in [6.45, 7) is 3.23. The number of fused-ring (bicyclic) bond motifs is 1. The third-order valence-corrected chi connectivity index (χ3v) is 3.73. The van der Waals surface area contributed by atoms with Gasteiger partial charge in [0.05, 0.1) is 5.52 Å². The molecular weight excluding hydrogens is 268 g/mol. The van der Waals surface area contributed by atoms with Gasteiger partial charge < -0.3 is 10.2 Å². The van der Waals surface area contributed by atoms with Crippen molar-refractivity contribution in [2.75, 3.05) is 13.1 Å². The monoisotopic (exact) mass is 286 g/mol. The van der Waals surface area contributed by atoms with Crippen LogP contribution >= 0.6 is 0 Å². The van der Waals surface area contributed by atoms with Gasteiger partial charge in [-0.3, -0.25) is 14.7 Å². The Morgan fingerprint density at radius 3 is 3.05 bits per heavy atom. The summed E-state index contributed by atoms with van der Waals surface area (Å²) in [5.41, 5.74) is 1.23. The van der Waals surface area contributed by atoms with Gasteiger partial charge in [-0.05, 0) is 19.4 Å². The minimum atomic E-state index is -0.216. The first kappa shape index (κ1) is 13.6. The number of likely N-dealkylation sites (tertiary alicyclic amines) is 1. The summed E-state index contributed by atoms with van der Waals surface area (Å²) < 4.78 is 0. The highest BCUT2D eigenvalue weighted by Gasteiger charge is 2.23. The first-order valence-corrected chi connectivity index (χ1v) is 7.17. The minimum absolute atomic E-state index is 0.102. The Bertz CT molecular complexity index is 679. The lowest BCUT2D eigenvalue weighted by atomic mass is 10.2. The molecule has 0 radical (unpaired) electrons. The number of carbonyl (C=O) groups excluding carboxylic acids is 2. The van der Waals surface area contributed by atoms with Crippen LogP contribution in [0.2, 0.25) is 0 Å². The molecule has 1 fully saturated rings. The summed E-state index contributed by atoms with van der Waals surface area (Å²) in [7, 11) is 0. The molecule has 0 spiro atoms. The number of nitrogens with one attached hydrogen (secondary N) is 2. The number of aromatic nitrogens is 2. The SMILES string of the molecule is C[C@@H](CN1CCCC1=O)NC(=O)c1n[nH]c2ccccc12. The first-order valence-electron chi connectivity index (χ1n) is 7.17. The molecule has 21 heavy (non-hydrogen) atoms. The van der Waals surface area contributed by atoms with Crippen LogP contribution < -0.4 is 5.32 Å². The molecule has 1 aromatic heterocycles. The number of hydrogen-bond acceptors (Lipinski definition) is 3. The number of aromatic amines is 1. The summed E-state index contributed by atoms with van der Waals surface area (Å²) >= 11 is 0. The van der Waals surface area contributed by atoms with Crippen molar-refractivity contribution in [3.63, 3.8) is 0 Å². The second-order valence-corrected chi connectivity index (χ2v) is 5.44. The third kappa shape index (κ3) is 2.74. The number of rotatable bonds is 4. The van der Waals surface area contributed by atoms with Crippen LogP contribution in [-0.2, 0) is 4.79 Å². The van der Waals surface area contributed by atoms with Crippen molar-refractivity contribution >= 4 is 22.7 Å². The van der Waals surface area contributed by atoms with Gasteiger partial charge in [0.1, 0.15) is 0 Å². The lowest BCUT2D eigenvalue weighted by Gasteiger charge is -2.21. The van der Waals surface area contributed by atoms with Gasteiger partial charge in [-0.1, -0.05) is 18.2 Å². The van der Waals surface area contributed by atoms with Crippen LogP contribution in [0.1, 0.15) is 30.3 Å². The molecule has 2 N–H and O–H groups in total. The molecule has 1 aliphatic rings. The Hall–Kier alpha value is -2.37. The van der Waals surface area contributed by atoms with E-state index in [1.807, 2.05) is 31.2 Å². The fraction of sp³-hybridized carbons (Fsp3) is 0.400. The first-order chi connectivity index (χ1) is 10.1. The predicted molar refractivity (Wildman–Crippen MR) is 78.8 cm³/mol. The second-order valence-electron chi connectivity index (χ2n) is 5.44. The number of benzene rings is 1. The van der Waals surface area contributed by atoms with Crippen molar-refractivity contribution in [2.45, 2.75) is 25.8 Å². The lowest BCUT2D eigenvalue weighted by molar-refractivity contribution is -0.127. The molecule has 0 bridgehead atoms. The van der Waals surface area contributed by atoms with E-state index >= 15 is 0 Å². The molecule has 110 valence electrons. The van der Waals surface area contributed by atoms with Crippen LogP contribution in [0, 0.1) is 0 Å². The molecule has 1 aliphatic heterocycles. The number of H-pyrrole nitrogens is 1. The highest BCUT2D eigenvalue weighted by Crippen LogP contribution is 2.15. The van der Waals surface area contributed by atoms with E-state index in [-0.39, 0.29) is 17.9 Å². The predicted octanol–water partition coefficient (Wildman–Crippen LogP) is 1.30. The van der Waals surface area contributed by atoms with E-state index in [1.54, 1.807) is 4.90 Å². The van der Waals surface area contributed by atoms with Crippen molar-refractivity contribution in [1.29, 1.82) is 0 Å². The van der Waals surface area contributed by atoms with Crippen LogP contribution in [0.3, 0.4) is 0 Å². The molecule has 2 amide bonds. The van der Waals surface area contributed by atoms with Gasteiger partial charge in [-0.15, -0.1) is 0 Å². The molecule has 2 heterocycles. The van der Waals surface area contributed by atoms with E-state index in [0.29, 0.717) is 18.7 Å². The zero-order valence-corrected chi connectivity index (χ0v) is 11.9. The summed E-state index contributed by atoms with van der Waals surface area (Å²) in [5.74, 6) is -0.0482. The van der Waals surface area contributed by atoms with Gasteiger partial charge in [0.25, 0.3) is 5.91 Å². The number of hydrogen-bond donors (Lipinski definition) is 2. The topological polar surface area (TPSA) is 78.1 Å². The van der Waals surface area contributed by atoms with Crippen molar-refractivity contribution in [2.24, 2.45) is 0 Å². The van der Waals surface area contributed by atoms with Gasteiger partial charge >= 0.3 is 0 Å². The number of carbonyl (C=O) groups is 2. The molecule has 6 heteroatoms. The summed E-state index contributed by atoms with van der Waals surface area (Å²) in [4.78, 5) is 25.7. The molecular formula is C15H18N4O2. The fourth-order valence-corrected chi connectivity index (χ4v) is 2.70. The summed E-state index contributed by atoms with van der Waals surface area (Å²) in [5, 5.41) is 10.6. The van der Waals surface area contributed by atoms with Crippen molar-refractivity contribution in [1.82, 2.24) is 20.4 Å². The van der Waals surface area contributed by atoms with E-state index in [4.69, 9.17) is 0 Å². The Morgan fingerprint density at radius 1 is 1.48 bits per heavy atom. The van der Waals surface area contributed by atoms with E-state index in [1.165, 1.54) is 0 Å². The molecule has 0 saturated carbocycles. The Kier molecular flexibility index (Phi) is 3.60. The minimum Gasteiger partial charge on any atom is -0.346 e. The summed E-state index contributed by atoms with van der Waals surface area (Å²) in [6.07, 6.45) is 1.52. The fourth-order valence-electron chi connectivity index (χ4n) is 2.70. The lowest BCUT2D eigenvalue weighted by Crippen LogP contribution is -2.42. The maximum atomic E-state index is 12.3. The maximum Gasteiger partial charge on any atom is 0.272 e. The van der Waals surface area contributed by atoms with Gasteiger partial charge in [-0.25, -0.2) is 0 Å². The van der Waals surface area contributed by atoms with Crippen LogP contribution in [0.25, 0.3) is 10.9 Å². The quantitative estimate of drug-likeness (QED) is 0.889. The Balaban J connectivity index is 1.67. The standard InChI is InChI=1S/C15H18N4O2/c1-10(9-19-8-4-7-13(19)20)16-15(21)14-11-5-2-3-6-12(11)17-18-14/h2-3,5-6,10H,4,7-9H2,1H3,(H,16,21)(H,17,18)/t10-/m0/s1. The van der Waals surface area contributed by atoms with Crippen LogP contribution in [0.15, 0.2) is 24.3 Å². The van der Waals surface area contributed by atoms with Crippen LogP contribution in [0.4, 0.5) is 0 Å². The zero-order chi connectivity index (χ0) is 14.8. The Labute approximate surface area is 122 Å². The van der Waals surface area contributed by atoms with Crippen LogP contribution in [0.5, 0.6) is 0 Å². The molecule has 3 rings (SSSR count). The van der Waals surface area contributed by atoms with Gasteiger partial charge in [0.2, 0.25) is 5.91 Å². The third-order valence-electron chi connectivity index (χ3n) is 3.73. The molecule has 1 saturated heterocycles. The highest BCUT2D eigenvalue weighted by molar-refractivity contribution is 6.04. The molecule has 1 atom stereocenters. The van der Waals surface area contributed by atoms with E-state index in [2.05, 4.69) is 15.5 Å². The molecule has 2 aromatic rings. The average molecular weight is 286 g/mol. The average Bonchev–Trinajstić information content (AvgIpc) is 3.05. The highest BCUT2D eigenvalue weighted by atomic mass is 16.2. The van der Waals surface area contributed by atoms with E-state index < -0.39 is 0 Å². The second kappa shape index (κ2) is 5.55. The van der Waals surface area contributed by atoms with E-state index in [9.17, 15) is 9.59 Å². The maximum absolute atomic E-state index is 12.3. The van der Waals surface area contributed by atoms with Crippen molar-refractivity contribution in [3.05, 3.63) is 30.0 Å². The number of amides is 2. The molecule has 6 nitrogen and oxygen atoms in total. The molecule has 0 unspecified atom stereocenters. The molecule has 0 aliphatic carbocycles. The Morgan fingerprint density at radius 2 is 2.29 bits per heavy atom. The van der Waals surface area contributed by atoms with Gasteiger partial charge in [0.15, 0.2) is 5.69 Å². The number of para-hydroxylation sites is 1. The van der Waals surface area contributed by atoms with Crippen molar-refractivity contribution in [3.8, 4) is 0 Å². The van der Waals surface area contributed by atoms with Crippen molar-refractivity contribution < 1.29 is 9.59 Å². The summed E-state index contributed by atoms with van der Waals surface area (Å²) in [6, 6.07) is 7.41. The smallest absolute Gasteiger partial charge is 0.272 e. The largest absolute Gasteiger partial charge is 0.346 e. The van der Waals surface area contributed by atoms with Gasteiger partial charge in [0, 0.05) is 30.9 Å². The van der Waals surface area contributed by atoms with Gasteiger partial charge in [-0.2, -0.15) is 5.10 Å². The molecule has 1 aromatic carbocycles. The zero-order valence-electron chi connectivity index (χ0n) is 11.9.